The van der Waals surface area contributed by atoms with Gasteiger partial charge >= 0.3 is 5.97 Å². The largest absolute Gasteiger partial charge is 0.464 e. The van der Waals surface area contributed by atoms with Crippen LogP contribution in [0.5, 0.6) is 0 Å². The number of carbonyl (C=O) groups is 2. The second kappa shape index (κ2) is 7.36. The highest BCUT2D eigenvalue weighted by Gasteiger charge is 2.49. The van der Waals surface area contributed by atoms with E-state index in [-0.39, 0.29) is 17.8 Å². The van der Waals surface area contributed by atoms with Gasteiger partial charge in [-0.05, 0) is 62.8 Å². The third-order valence-electron chi connectivity index (χ3n) is 4.93. The third kappa shape index (κ3) is 3.79. The molecule has 2 fully saturated rings. The molecule has 0 radical (unpaired) electrons. The molecule has 6 nitrogen and oxygen atoms in total. The van der Waals surface area contributed by atoms with Gasteiger partial charge in [-0.3, -0.25) is 9.48 Å². The lowest BCUT2D eigenvalue weighted by molar-refractivity contribution is -0.147. The summed E-state index contributed by atoms with van der Waals surface area (Å²) in [5, 5.41) is 7.17. The Kier molecular flexibility index (Phi) is 5.21. The fourth-order valence-electron chi connectivity index (χ4n) is 3.57. The number of nitrogens with zero attached hydrogens (tertiary/aromatic N) is 2. The SMILES string of the molecule is CCCn1nccc1C(=O)N[C@H](C(=O)OCC)C(C1CC1)C1CC1. The van der Waals surface area contributed by atoms with Gasteiger partial charge in [0.25, 0.3) is 5.91 Å². The summed E-state index contributed by atoms with van der Waals surface area (Å²) < 4.78 is 6.96. The van der Waals surface area contributed by atoms with Crippen LogP contribution in [0.2, 0.25) is 0 Å². The normalized spacial score (nSPS) is 18.5. The summed E-state index contributed by atoms with van der Waals surface area (Å²) in [6, 6.07) is 1.17. The highest BCUT2D eigenvalue weighted by Crippen LogP contribution is 2.50. The Bertz CT molecular complexity index is 578. The number of aromatic nitrogens is 2. The van der Waals surface area contributed by atoms with Crippen molar-refractivity contribution >= 4 is 11.9 Å². The van der Waals surface area contributed by atoms with Gasteiger partial charge in [0.2, 0.25) is 0 Å². The molecule has 1 heterocycles. The number of esters is 1. The average Bonchev–Trinajstić information content (AvgIpc) is 3.48. The molecule has 1 atom stereocenters. The summed E-state index contributed by atoms with van der Waals surface area (Å²) in [4.78, 5) is 25.2. The van der Waals surface area contributed by atoms with Crippen molar-refractivity contribution < 1.29 is 14.3 Å². The Hall–Kier alpha value is -1.85. The zero-order valence-corrected chi connectivity index (χ0v) is 14.5. The Morgan fingerprint density at radius 2 is 1.96 bits per heavy atom. The van der Waals surface area contributed by atoms with Crippen molar-refractivity contribution in [3.63, 3.8) is 0 Å². The molecule has 1 aromatic rings. The van der Waals surface area contributed by atoms with Gasteiger partial charge in [0, 0.05) is 12.7 Å². The van der Waals surface area contributed by atoms with Crippen LogP contribution >= 0.6 is 0 Å². The van der Waals surface area contributed by atoms with Gasteiger partial charge in [0.05, 0.1) is 6.61 Å². The third-order valence-corrected chi connectivity index (χ3v) is 4.93. The van der Waals surface area contributed by atoms with Gasteiger partial charge < -0.3 is 10.1 Å². The van der Waals surface area contributed by atoms with E-state index < -0.39 is 6.04 Å². The minimum atomic E-state index is -0.539. The second-order valence-electron chi connectivity index (χ2n) is 6.89. The molecule has 0 aliphatic heterocycles. The number of nitrogens with one attached hydrogen (secondary N) is 1. The molecule has 2 aliphatic carbocycles. The topological polar surface area (TPSA) is 73.2 Å². The lowest BCUT2D eigenvalue weighted by Gasteiger charge is -2.26. The van der Waals surface area contributed by atoms with E-state index in [1.54, 1.807) is 23.9 Å². The van der Waals surface area contributed by atoms with E-state index >= 15 is 0 Å². The lowest BCUT2D eigenvalue weighted by Crippen LogP contribution is -2.48. The molecule has 132 valence electrons. The fraction of sp³-hybridized carbons (Fsp3) is 0.722. The Morgan fingerprint density at radius 1 is 1.29 bits per heavy atom. The average molecular weight is 333 g/mol. The van der Waals surface area contributed by atoms with E-state index in [2.05, 4.69) is 10.4 Å². The molecule has 0 bridgehead atoms. The standard InChI is InChI=1S/C18H27N3O3/c1-3-11-21-14(9-10-19-21)17(22)20-16(18(23)24-4-2)15(12-5-6-12)13-7-8-13/h9-10,12-13,15-16H,3-8,11H2,1-2H3,(H,20,22)/t16-/m0/s1. The Balaban J connectivity index is 1.76. The van der Waals surface area contributed by atoms with Crippen molar-refractivity contribution in [3.8, 4) is 0 Å². The van der Waals surface area contributed by atoms with Crippen molar-refractivity contribution in [2.24, 2.45) is 17.8 Å². The van der Waals surface area contributed by atoms with Gasteiger partial charge in [-0.1, -0.05) is 6.92 Å². The predicted octanol–water partition coefficient (Wildman–Crippen LogP) is 2.39. The molecule has 0 spiro atoms. The molecule has 0 unspecified atom stereocenters. The van der Waals surface area contributed by atoms with Crippen LogP contribution in [0, 0.1) is 17.8 Å². The van der Waals surface area contributed by atoms with Crippen LogP contribution in [0.1, 0.15) is 56.4 Å². The number of rotatable bonds is 9. The summed E-state index contributed by atoms with van der Waals surface area (Å²) in [5.41, 5.74) is 0.511. The molecular formula is C18H27N3O3. The van der Waals surface area contributed by atoms with E-state index in [1.807, 2.05) is 6.92 Å². The molecule has 0 saturated heterocycles. The van der Waals surface area contributed by atoms with Crippen LogP contribution in [-0.2, 0) is 16.1 Å². The maximum atomic E-state index is 12.7. The molecule has 2 saturated carbocycles. The molecule has 2 aliphatic rings. The smallest absolute Gasteiger partial charge is 0.328 e. The van der Waals surface area contributed by atoms with Crippen LogP contribution in [-0.4, -0.2) is 34.3 Å². The number of ether oxygens (including phenoxy) is 1. The van der Waals surface area contributed by atoms with Crippen molar-refractivity contribution in [3.05, 3.63) is 18.0 Å². The summed E-state index contributed by atoms with van der Waals surface area (Å²) in [6.07, 6.45) is 7.14. The molecule has 1 N–H and O–H groups in total. The fourth-order valence-corrected chi connectivity index (χ4v) is 3.57. The van der Waals surface area contributed by atoms with Crippen LogP contribution < -0.4 is 5.32 Å². The first kappa shape index (κ1) is 17.0. The monoisotopic (exact) mass is 333 g/mol. The molecule has 1 amide bonds. The summed E-state index contributed by atoms with van der Waals surface area (Å²) >= 11 is 0. The predicted molar refractivity (Wildman–Crippen MR) is 89.3 cm³/mol. The van der Waals surface area contributed by atoms with Crippen molar-refractivity contribution in [1.82, 2.24) is 15.1 Å². The zero-order chi connectivity index (χ0) is 17.1. The molecule has 1 aromatic heterocycles. The molecular weight excluding hydrogens is 306 g/mol. The summed E-state index contributed by atoms with van der Waals surface area (Å²) in [5.74, 6) is 0.789. The quantitative estimate of drug-likeness (QED) is 0.704. The van der Waals surface area contributed by atoms with Crippen molar-refractivity contribution in [1.29, 1.82) is 0 Å². The minimum absolute atomic E-state index is 0.218. The van der Waals surface area contributed by atoms with E-state index in [9.17, 15) is 9.59 Å². The Labute approximate surface area is 142 Å². The number of carbonyl (C=O) groups excluding carboxylic acids is 2. The first-order chi connectivity index (χ1) is 11.7. The van der Waals surface area contributed by atoms with Crippen molar-refractivity contribution in [2.75, 3.05) is 6.61 Å². The van der Waals surface area contributed by atoms with E-state index in [4.69, 9.17) is 4.74 Å². The maximum absolute atomic E-state index is 12.7. The van der Waals surface area contributed by atoms with Gasteiger partial charge in [-0.15, -0.1) is 0 Å². The highest BCUT2D eigenvalue weighted by molar-refractivity contribution is 5.95. The lowest BCUT2D eigenvalue weighted by atomic mass is 9.89. The minimum Gasteiger partial charge on any atom is -0.464 e. The second-order valence-corrected chi connectivity index (χ2v) is 6.89. The molecule has 24 heavy (non-hydrogen) atoms. The number of aryl methyl sites for hydroxylation is 1. The number of amides is 1. The molecule has 3 rings (SSSR count). The van der Waals surface area contributed by atoms with Crippen LogP contribution in [0.4, 0.5) is 0 Å². The van der Waals surface area contributed by atoms with Crippen LogP contribution in [0.3, 0.4) is 0 Å². The number of hydrogen-bond acceptors (Lipinski definition) is 4. The van der Waals surface area contributed by atoms with Gasteiger partial charge in [-0.2, -0.15) is 5.10 Å². The molecule has 6 heteroatoms. The van der Waals surface area contributed by atoms with E-state index in [0.717, 1.165) is 32.1 Å². The first-order valence-electron chi connectivity index (χ1n) is 9.15. The Morgan fingerprint density at radius 3 is 2.50 bits per heavy atom. The number of hydrogen-bond donors (Lipinski definition) is 1. The van der Waals surface area contributed by atoms with Gasteiger partial charge in [-0.25, -0.2) is 4.79 Å². The van der Waals surface area contributed by atoms with E-state index in [0.29, 0.717) is 30.7 Å². The summed E-state index contributed by atoms with van der Waals surface area (Å²) in [7, 11) is 0. The maximum Gasteiger partial charge on any atom is 0.328 e. The first-order valence-corrected chi connectivity index (χ1v) is 9.15. The molecule has 0 aromatic carbocycles. The van der Waals surface area contributed by atoms with Crippen LogP contribution in [0.25, 0.3) is 0 Å². The zero-order valence-electron chi connectivity index (χ0n) is 14.5. The highest BCUT2D eigenvalue weighted by atomic mass is 16.5. The van der Waals surface area contributed by atoms with E-state index in [1.165, 1.54) is 0 Å². The van der Waals surface area contributed by atoms with Crippen LogP contribution in [0.15, 0.2) is 12.3 Å². The van der Waals surface area contributed by atoms with Gasteiger partial charge in [0.15, 0.2) is 0 Å². The van der Waals surface area contributed by atoms with Crippen molar-refractivity contribution in [2.45, 2.75) is 58.5 Å². The van der Waals surface area contributed by atoms with Gasteiger partial charge in [0.1, 0.15) is 11.7 Å². The summed E-state index contributed by atoms with van der Waals surface area (Å²) in [6.45, 7) is 4.87.